The smallest absolute Gasteiger partial charge is 0.293 e. The van der Waals surface area contributed by atoms with Gasteiger partial charge in [-0.25, -0.2) is 4.39 Å². The second-order valence-corrected chi connectivity index (χ2v) is 3.13. The Bertz CT molecular complexity index is 436. The molecule has 0 amide bonds. The third-order valence-corrected chi connectivity index (χ3v) is 2.18. The Morgan fingerprint density at radius 2 is 2.07 bits per heavy atom. The second kappa shape index (κ2) is 4.43. The summed E-state index contributed by atoms with van der Waals surface area (Å²) in [7, 11) is 0. The summed E-state index contributed by atoms with van der Waals surface area (Å²) in [4.78, 5) is 20.4. The Hall–Kier alpha value is -1.37. The predicted octanol–water partition coefficient (Wildman–Crippen LogP) is 2.45. The molecule has 0 aliphatic carbocycles. The third kappa shape index (κ3) is 2.17. The van der Waals surface area contributed by atoms with Gasteiger partial charge in [-0.15, -0.1) is 0 Å². The zero-order valence-corrected chi connectivity index (χ0v) is 8.75. The summed E-state index contributed by atoms with van der Waals surface area (Å²) < 4.78 is 26.3. The lowest BCUT2D eigenvalue weighted by molar-refractivity contribution is -0.387. The van der Waals surface area contributed by atoms with Crippen molar-refractivity contribution in [1.29, 1.82) is 0 Å². The topological polar surface area (TPSA) is 60.2 Å². The number of carbonyl (C=O) groups is 1. The summed E-state index contributed by atoms with van der Waals surface area (Å²) >= 11 is 2.73. The van der Waals surface area contributed by atoms with E-state index >= 15 is 0 Å². The molecule has 0 aromatic heterocycles. The summed E-state index contributed by atoms with van der Waals surface area (Å²) in [6.07, 6.45) is 0. The Balaban J connectivity index is 3.43. The highest BCUT2D eigenvalue weighted by atomic mass is 79.9. The number of benzene rings is 1. The van der Waals surface area contributed by atoms with Crippen LogP contribution in [0.2, 0.25) is 0 Å². The van der Waals surface area contributed by atoms with E-state index in [2.05, 4.69) is 15.9 Å². The van der Waals surface area contributed by atoms with Crippen molar-refractivity contribution in [2.45, 2.75) is 0 Å². The Kier molecular flexibility index (Phi) is 3.46. The first-order chi connectivity index (χ1) is 6.99. The molecule has 0 atom stereocenters. The maximum absolute atomic E-state index is 13.3. The van der Waals surface area contributed by atoms with Crippen LogP contribution in [-0.4, -0.2) is 16.0 Å². The molecule has 0 spiro atoms. The van der Waals surface area contributed by atoms with Crippen LogP contribution in [0.5, 0.6) is 0 Å². The van der Waals surface area contributed by atoms with E-state index in [1.54, 1.807) is 0 Å². The molecule has 0 saturated carbocycles. The minimum atomic E-state index is -1.44. The molecule has 7 heteroatoms. The van der Waals surface area contributed by atoms with Gasteiger partial charge in [0.25, 0.3) is 0 Å². The highest BCUT2D eigenvalue weighted by Gasteiger charge is 2.25. The number of carbonyl (C=O) groups excluding carboxylic acids is 1. The van der Waals surface area contributed by atoms with Crippen LogP contribution in [0.3, 0.4) is 0 Å². The number of nitro benzene ring substituents is 1. The van der Waals surface area contributed by atoms with Crippen LogP contribution in [-0.2, 0) is 0 Å². The number of Topliss-reactive ketones (excluding diaryl/α,β-unsaturated/α-hetero) is 1. The number of alkyl halides is 1. The minimum Gasteiger partial charge on any atom is -0.293 e. The van der Waals surface area contributed by atoms with Crippen LogP contribution in [0.1, 0.15) is 10.4 Å². The van der Waals surface area contributed by atoms with Gasteiger partial charge in [0.1, 0.15) is 5.82 Å². The van der Waals surface area contributed by atoms with Gasteiger partial charge in [0.05, 0.1) is 15.8 Å². The van der Waals surface area contributed by atoms with Crippen molar-refractivity contribution in [3.63, 3.8) is 0 Å². The quantitative estimate of drug-likeness (QED) is 0.370. The van der Waals surface area contributed by atoms with Crippen molar-refractivity contribution < 1.29 is 18.5 Å². The Morgan fingerprint density at radius 3 is 2.53 bits per heavy atom. The fourth-order valence-corrected chi connectivity index (χ4v) is 1.29. The van der Waals surface area contributed by atoms with Gasteiger partial charge < -0.3 is 0 Å². The predicted molar refractivity (Wildman–Crippen MR) is 51.1 cm³/mol. The van der Waals surface area contributed by atoms with Gasteiger partial charge >= 0.3 is 5.69 Å². The Morgan fingerprint density at radius 1 is 1.47 bits per heavy atom. The number of ketones is 1. The van der Waals surface area contributed by atoms with E-state index in [1.165, 1.54) is 0 Å². The first kappa shape index (κ1) is 11.7. The summed E-state index contributed by atoms with van der Waals surface area (Å²) in [5.41, 5.74) is -1.80. The first-order valence-corrected chi connectivity index (χ1v) is 4.82. The number of nitrogens with zero attached hydrogens (tertiary/aromatic N) is 1. The van der Waals surface area contributed by atoms with Crippen molar-refractivity contribution >= 4 is 27.4 Å². The summed E-state index contributed by atoms with van der Waals surface area (Å²) in [5.74, 6) is -3.43. The molecule has 0 radical (unpaired) electrons. The van der Waals surface area contributed by atoms with E-state index in [4.69, 9.17) is 0 Å². The van der Waals surface area contributed by atoms with Crippen LogP contribution < -0.4 is 0 Å². The number of rotatable bonds is 3. The lowest BCUT2D eigenvalue weighted by Crippen LogP contribution is -2.09. The number of nitro groups is 1. The fourth-order valence-electron chi connectivity index (χ4n) is 1.00. The number of hydrogen-bond donors (Lipinski definition) is 0. The van der Waals surface area contributed by atoms with Crippen LogP contribution in [0.25, 0.3) is 0 Å². The van der Waals surface area contributed by atoms with Crippen LogP contribution in [0.15, 0.2) is 12.1 Å². The van der Waals surface area contributed by atoms with Crippen LogP contribution in [0.4, 0.5) is 14.5 Å². The van der Waals surface area contributed by atoms with E-state index in [-0.39, 0.29) is 5.33 Å². The molecule has 80 valence electrons. The monoisotopic (exact) mass is 279 g/mol. The van der Waals surface area contributed by atoms with Gasteiger partial charge in [0.15, 0.2) is 5.78 Å². The van der Waals surface area contributed by atoms with E-state index in [1.807, 2.05) is 0 Å². The second-order valence-electron chi connectivity index (χ2n) is 2.57. The molecule has 0 N–H and O–H groups in total. The highest BCUT2D eigenvalue weighted by Crippen LogP contribution is 2.23. The average molecular weight is 280 g/mol. The number of halogens is 3. The van der Waals surface area contributed by atoms with E-state index < -0.39 is 33.6 Å². The van der Waals surface area contributed by atoms with Crippen LogP contribution >= 0.6 is 15.9 Å². The van der Waals surface area contributed by atoms with Crippen molar-refractivity contribution in [3.05, 3.63) is 39.4 Å². The van der Waals surface area contributed by atoms with E-state index in [0.29, 0.717) is 12.1 Å². The van der Waals surface area contributed by atoms with Gasteiger partial charge in [-0.3, -0.25) is 14.9 Å². The molecular weight excluding hydrogens is 276 g/mol. The largest absolute Gasteiger partial charge is 0.305 e. The maximum atomic E-state index is 13.3. The van der Waals surface area contributed by atoms with Gasteiger partial charge in [0.2, 0.25) is 5.82 Å². The van der Waals surface area contributed by atoms with Crippen molar-refractivity contribution in [2.24, 2.45) is 0 Å². The fraction of sp³-hybridized carbons (Fsp3) is 0.125. The molecule has 0 bridgehead atoms. The van der Waals surface area contributed by atoms with E-state index in [0.717, 1.165) is 0 Å². The van der Waals surface area contributed by atoms with Crippen LogP contribution in [0, 0.1) is 21.7 Å². The van der Waals surface area contributed by atoms with Crippen molar-refractivity contribution in [2.75, 3.05) is 5.33 Å². The Labute approximate surface area is 91.2 Å². The first-order valence-electron chi connectivity index (χ1n) is 3.70. The molecule has 0 aliphatic rings. The standard InChI is InChI=1S/C8H4BrF2NO3/c9-3-6(13)7-4(10)1-2-5(8(7)11)12(14)15/h1-2H,3H2. The lowest BCUT2D eigenvalue weighted by atomic mass is 10.1. The van der Waals surface area contributed by atoms with Crippen molar-refractivity contribution in [1.82, 2.24) is 0 Å². The maximum Gasteiger partial charge on any atom is 0.305 e. The zero-order chi connectivity index (χ0) is 11.6. The molecule has 0 fully saturated rings. The third-order valence-electron chi connectivity index (χ3n) is 1.67. The molecule has 0 saturated heterocycles. The molecule has 1 aromatic rings. The van der Waals surface area contributed by atoms with Gasteiger partial charge in [0, 0.05) is 6.07 Å². The van der Waals surface area contributed by atoms with Gasteiger partial charge in [-0.2, -0.15) is 4.39 Å². The molecule has 1 rings (SSSR count). The summed E-state index contributed by atoms with van der Waals surface area (Å²) in [6, 6.07) is 1.37. The SMILES string of the molecule is O=C(CBr)c1c(F)ccc([N+](=O)[O-])c1F. The lowest BCUT2D eigenvalue weighted by Gasteiger charge is -2.01. The normalized spacial score (nSPS) is 10.1. The average Bonchev–Trinajstić information content (AvgIpc) is 2.16. The number of hydrogen-bond acceptors (Lipinski definition) is 3. The highest BCUT2D eigenvalue weighted by molar-refractivity contribution is 9.09. The van der Waals surface area contributed by atoms with Crippen molar-refractivity contribution in [3.8, 4) is 0 Å². The molecule has 0 aliphatic heterocycles. The molecule has 0 heterocycles. The molecule has 1 aromatic carbocycles. The molecular formula is C8H4BrF2NO3. The summed E-state index contributed by atoms with van der Waals surface area (Å²) in [6.45, 7) is 0. The minimum absolute atomic E-state index is 0.304. The van der Waals surface area contributed by atoms with Gasteiger partial charge in [-0.1, -0.05) is 15.9 Å². The summed E-state index contributed by atoms with van der Waals surface area (Å²) in [5, 5.41) is 10.0. The van der Waals surface area contributed by atoms with E-state index in [9.17, 15) is 23.7 Å². The molecule has 0 unspecified atom stereocenters. The van der Waals surface area contributed by atoms with Gasteiger partial charge in [-0.05, 0) is 6.07 Å². The molecule has 4 nitrogen and oxygen atoms in total. The molecule has 15 heavy (non-hydrogen) atoms. The zero-order valence-electron chi connectivity index (χ0n) is 7.17.